The van der Waals surface area contributed by atoms with Gasteiger partial charge in [-0.1, -0.05) is 0 Å². The van der Waals surface area contributed by atoms with Crippen LogP contribution in [0.3, 0.4) is 0 Å². The lowest BCUT2D eigenvalue weighted by atomic mass is 10.00. The van der Waals surface area contributed by atoms with Crippen LogP contribution in [0, 0.1) is 0 Å². The Morgan fingerprint density at radius 1 is 1.39 bits per heavy atom. The summed E-state index contributed by atoms with van der Waals surface area (Å²) in [5, 5.41) is 9.80. The zero-order valence-electron chi connectivity index (χ0n) is 10.3. The van der Waals surface area contributed by atoms with Crippen molar-refractivity contribution in [1.29, 1.82) is 0 Å². The SMILES string of the molecule is NCCC(O)CN1C(=O)CCc2cc(N)ccc21. The highest BCUT2D eigenvalue weighted by Gasteiger charge is 2.25. The fourth-order valence-corrected chi connectivity index (χ4v) is 2.27. The second-order valence-corrected chi connectivity index (χ2v) is 4.62. The highest BCUT2D eigenvalue weighted by atomic mass is 16.3. The third-order valence-electron chi connectivity index (χ3n) is 3.20. The minimum absolute atomic E-state index is 0.0448. The Balaban J connectivity index is 2.22. The van der Waals surface area contributed by atoms with Crippen molar-refractivity contribution in [2.75, 3.05) is 23.7 Å². The third kappa shape index (κ3) is 2.63. The summed E-state index contributed by atoms with van der Waals surface area (Å²) < 4.78 is 0. The first-order valence-corrected chi connectivity index (χ1v) is 6.18. The van der Waals surface area contributed by atoms with Crippen LogP contribution >= 0.6 is 0 Å². The van der Waals surface area contributed by atoms with E-state index in [1.807, 2.05) is 12.1 Å². The Bertz CT molecular complexity index is 448. The maximum absolute atomic E-state index is 11.9. The fraction of sp³-hybridized carbons (Fsp3) is 0.462. The molecule has 1 aliphatic heterocycles. The van der Waals surface area contributed by atoms with Gasteiger partial charge < -0.3 is 21.5 Å². The molecule has 1 aromatic rings. The van der Waals surface area contributed by atoms with Gasteiger partial charge in [-0.05, 0) is 43.1 Å². The first-order valence-electron chi connectivity index (χ1n) is 6.18. The number of aryl methyl sites for hydroxylation is 1. The Hall–Kier alpha value is -1.59. The molecule has 1 atom stereocenters. The van der Waals surface area contributed by atoms with Crippen molar-refractivity contribution in [2.45, 2.75) is 25.4 Å². The number of amides is 1. The average molecular weight is 249 g/mol. The molecule has 0 aliphatic carbocycles. The molecule has 1 unspecified atom stereocenters. The highest BCUT2D eigenvalue weighted by molar-refractivity contribution is 5.96. The zero-order valence-corrected chi connectivity index (χ0v) is 10.3. The summed E-state index contributed by atoms with van der Waals surface area (Å²) in [6.45, 7) is 0.713. The molecule has 0 fully saturated rings. The van der Waals surface area contributed by atoms with Gasteiger partial charge in [-0.25, -0.2) is 0 Å². The zero-order chi connectivity index (χ0) is 13.1. The summed E-state index contributed by atoms with van der Waals surface area (Å²) in [4.78, 5) is 13.6. The van der Waals surface area contributed by atoms with Gasteiger partial charge in [-0.3, -0.25) is 4.79 Å². The lowest BCUT2D eigenvalue weighted by Gasteiger charge is -2.31. The van der Waals surface area contributed by atoms with E-state index in [4.69, 9.17) is 11.5 Å². The minimum Gasteiger partial charge on any atom is -0.399 e. The van der Waals surface area contributed by atoms with E-state index in [0.717, 1.165) is 11.3 Å². The number of aliphatic hydroxyl groups is 1. The number of nitrogen functional groups attached to an aromatic ring is 1. The summed E-state index contributed by atoms with van der Waals surface area (Å²) in [7, 11) is 0. The third-order valence-corrected chi connectivity index (χ3v) is 3.20. The number of anilines is 2. The van der Waals surface area contributed by atoms with Crippen molar-refractivity contribution in [2.24, 2.45) is 5.73 Å². The molecule has 1 aromatic carbocycles. The molecule has 1 amide bonds. The molecular formula is C13H19N3O2. The Kier molecular flexibility index (Phi) is 3.84. The predicted molar refractivity (Wildman–Crippen MR) is 71.2 cm³/mol. The molecular weight excluding hydrogens is 230 g/mol. The van der Waals surface area contributed by atoms with Gasteiger partial charge in [0.2, 0.25) is 5.91 Å². The molecule has 0 bridgehead atoms. The molecule has 2 rings (SSSR count). The summed E-state index contributed by atoms with van der Waals surface area (Å²) in [5.74, 6) is 0.0448. The summed E-state index contributed by atoms with van der Waals surface area (Å²) in [6.07, 6.45) is 1.09. The van der Waals surface area contributed by atoms with Gasteiger partial charge in [0.15, 0.2) is 0 Å². The number of hydrogen-bond donors (Lipinski definition) is 3. The van der Waals surface area contributed by atoms with E-state index in [1.165, 1.54) is 0 Å². The Morgan fingerprint density at radius 2 is 2.17 bits per heavy atom. The van der Waals surface area contributed by atoms with Crippen molar-refractivity contribution < 1.29 is 9.90 Å². The van der Waals surface area contributed by atoms with Crippen LogP contribution in [-0.2, 0) is 11.2 Å². The van der Waals surface area contributed by atoms with E-state index < -0.39 is 6.10 Å². The van der Waals surface area contributed by atoms with Gasteiger partial charge in [0.25, 0.3) is 0 Å². The van der Waals surface area contributed by atoms with Gasteiger partial charge in [-0.2, -0.15) is 0 Å². The number of β-amino-alcohol motifs (C(OH)–C–C–N with tert-alkyl or cyclic N) is 1. The Morgan fingerprint density at radius 3 is 2.89 bits per heavy atom. The fourth-order valence-electron chi connectivity index (χ4n) is 2.27. The first-order chi connectivity index (χ1) is 8.61. The van der Waals surface area contributed by atoms with Gasteiger partial charge in [0.05, 0.1) is 12.6 Å². The monoisotopic (exact) mass is 249 g/mol. The van der Waals surface area contributed by atoms with Crippen molar-refractivity contribution in [1.82, 2.24) is 0 Å². The lowest BCUT2D eigenvalue weighted by molar-refractivity contribution is -0.119. The molecule has 5 nitrogen and oxygen atoms in total. The van der Waals surface area contributed by atoms with Crippen molar-refractivity contribution in [3.8, 4) is 0 Å². The van der Waals surface area contributed by atoms with E-state index in [9.17, 15) is 9.90 Å². The second-order valence-electron chi connectivity index (χ2n) is 4.62. The molecule has 0 saturated heterocycles. The minimum atomic E-state index is -0.581. The maximum Gasteiger partial charge on any atom is 0.227 e. The van der Waals surface area contributed by atoms with Crippen LogP contribution in [0.4, 0.5) is 11.4 Å². The van der Waals surface area contributed by atoms with Crippen LogP contribution in [0.1, 0.15) is 18.4 Å². The summed E-state index contributed by atoms with van der Waals surface area (Å²) in [5.41, 5.74) is 13.8. The second kappa shape index (κ2) is 5.37. The maximum atomic E-state index is 11.9. The van der Waals surface area contributed by atoms with Crippen molar-refractivity contribution in [3.63, 3.8) is 0 Å². The van der Waals surface area contributed by atoms with Crippen molar-refractivity contribution in [3.05, 3.63) is 23.8 Å². The number of fused-ring (bicyclic) bond motifs is 1. The van der Waals surface area contributed by atoms with Gasteiger partial charge in [0.1, 0.15) is 0 Å². The van der Waals surface area contributed by atoms with Crippen LogP contribution < -0.4 is 16.4 Å². The van der Waals surface area contributed by atoms with Crippen molar-refractivity contribution >= 4 is 17.3 Å². The van der Waals surface area contributed by atoms with Gasteiger partial charge >= 0.3 is 0 Å². The number of aliphatic hydroxyl groups excluding tert-OH is 1. The number of nitrogens with two attached hydrogens (primary N) is 2. The normalized spacial score (nSPS) is 16.6. The molecule has 5 N–H and O–H groups in total. The topological polar surface area (TPSA) is 92.6 Å². The van der Waals surface area contributed by atoms with Crippen LogP contribution in [0.15, 0.2) is 18.2 Å². The van der Waals surface area contributed by atoms with Crippen LogP contribution in [0.5, 0.6) is 0 Å². The molecule has 0 saturated carbocycles. The summed E-state index contributed by atoms with van der Waals surface area (Å²) in [6, 6.07) is 5.51. The molecule has 0 aromatic heterocycles. The molecule has 5 heteroatoms. The van der Waals surface area contributed by atoms with Gasteiger partial charge in [0, 0.05) is 17.8 Å². The highest BCUT2D eigenvalue weighted by Crippen LogP contribution is 2.29. The molecule has 0 spiro atoms. The smallest absolute Gasteiger partial charge is 0.227 e. The predicted octanol–water partition coefficient (Wildman–Crippen LogP) is 0.258. The van der Waals surface area contributed by atoms with E-state index in [-0.39, 0.29) is 5.91 Å². The van der Waals surface area contributed by atoms with Crippen LogP contribution in [0.2, 0.25) is 0 Å². The van der Waals surface area contributed by atoms with E-state index in [1.54, 1.807) is 11.0 Å². The largest absolute Gasteiger partial charge is 0.399 e. The number of benzene rings is 1. The van der Waals surface area contributed by atoms with E-state index in [2.05, 4.69) is 0 Å². The van der Waals surface area contributed by atoms with Gasteiger partial charge in [-0.15, -0.1) is 0 Å². The molecule has 1 heterocycles. The average Bonchev–Trinajstić information content (AvgIpc) is 2.33. The number of hydrogen-bond acceptors (Lipinski definition) is 4. The summed E-state index contributed by atoms with van der Waals surface area (Å²) >= 11 is 0. The lowest BCUT2D eigenvalue weighted by Crippen LogP contribution is -2.41. The quantitative estimate of drug-likeness (QED) is 0.667. The number of nitrogens with zero attached hydrogens (tertiary/aromatic N) is 1. The number of carbonyl (C=O) groups is 1. The molecule has 98 valence electrons. The van der Waals surface area contributed by atoms with E-state index in [0.29, 0.717) is 38.0 Å². The standard InChI is InChI=1S/C13H19N3O2/c14-6-5-11(17)8-16-12-3-2-10(15)7-9(12)1-4-13(16)18/h2-3,7,11,17H,1,4-6,8,14-15H2. The Labute approximate surface area is 106 Å². The van der Waals surface area contributed by atoms with Crippen LogP contribution in [0.25, 0.3) is 0 Å². The molecule has 18 heavy (non-hydrogen) atoms. The molecule has 1 aliphatic rings. The van der Waals surface area contributed by atoms with E-state index >= 15 is 0 Å². The first kappa shape index (κ1) is 12.9. The number of carbonyl (C=O) groups excluding carboxylic acids is 1. The van der Waals surface area contributed by atoms with Crippen LogP contribution in [-0.4, -0.2) is 30.2 Å². The number of rotatable bonds is 4. The molecule has 0 radical (unpaired) electrons.